The molecule has 6 rings (SSSR count). The van der Waals surface area contributed by atoms with Crippen LogP contribution in [0.2, 0.25) is 0 Å². The molecule has 2 aliphatic heterocycles. The quantitative estimate of drug-likeness (QED) is 0.184. The Balaban J connectivity index is 1.17. The Hall–Kier alpha value is -4.12. The first-order chi connectivity index (χ1) is 22.6. The van der Waals surface area contributed by atoms with Crippen molar-refractivity contribution in [1.82, 2.24) is 20.5 Å². The number of carboxylic acids is 2. The average molecular weight is 641 g/mol. The SMILES string of the molecule is CC1NC(C)C(CCOCCN2CCC(c3ccccc3)(c3ccccc3)CC2)(C(=O)O)[C@H](c2cccc3nonc23)C1(C)C(=O)O. The number of hydrogen-bond donors (Lipinski definition) is 3. The molecule has 248 valence electrons. The summed E-state index contributed by atoms with van der Waals surface area (Å²) in [5.74, 6) is -3.10. The van der Waals surface area contributed by atoms with Crippen molar-refractivity contribution >= 4 is 23.0 Å². The van der Waals surface area contributed by atoms with Crippen LogP contribution in [0.1, 0.15) is 62.6 Å². The summed E-state index contributed by atoms with van der Waals surface area (Å²) in [6, 6.07) is 25.6. The lowest BCUT2D eigenvalue weighted by atomic mass is 9.51. The van der Waals surface area contributed by atoms with Crippen LogP contribution in [0.5, 0.6) is 0 Å². The molecule has 0 bridgehead atoms. The Labute approximate surface area is 275 Å². The van der Waals surface area contributed by atoms with Gasteiger partial charge in [0.25, 0.3) is 0 Å². The van der Waals surface area contributed by atoms with E-state index in [1.165, 1.54) is 11.1 Å². The van der Waals surface area contributed by atoms with Gasteiger partial charge < -0.3 is 25.2 Å². The monoisotopic (exact) mass is 640 g/mol. The molecular weight excluding hydrogens is 596 g/mol. The topological polar surface area (TPSA) is 138 Å². The number of ether oxygens (including phenoxy) is 1. The Morgan fingerprint density at radius 2 is 1.51 bits per heavy atom. The van der Waals surface area contributed by atoms with E-state index in [0.29, 0.717) is 23.2 Å². The number of nitrogens with zero attached hydrogens (tertiary/aromatic N) is 3. The number of carbonyl (C=O) groups is 2. The number of carboxylic acid groups (broad SMARTS) is 2. The van der Waals surface area contributed by atoms with Crippen LogP contribution in [0.4, 0.5) is 0 Å². The van der Waals surface area contributed by atoms with Crippen LogP contribution >= 0.6 is 0 Å². The summed E-state index contributed by atoms with van der Waals surface area (Å²) in [7, 11) is 0. The number of hydrogen-bond acceptors (Lipinski definition) is 8. The summed E-state index contributed by atoms with van der Waals surface area (Å²) in [6.45, 7) is 8.41. The molecule has 2 saturated heterocycles. The maximum Gasteiger partial charge on any atom is 0.311 e. The summed E-state index contributed by atoms with van der Waals surface area (Å²) in [5, 5.41) is 32.9. The summed E-state index contributed by atoms with van der Waals surface area (Å²) >= 11 is 0. The fourth-order valence-corrected chi connectivity index (χ4v) is 8.43. The molecule has 2 aliphatic rings. The lowest BCUT2D eigenvalue weighted by molar-refractivity contribution is -0.172. The van der Waals surface area contributed by atoms with Gasteiger partial charge in [0.1, 0.15) is 11.0 Å². The van der Waals surface area contributed by atoms with E-state index in [2.05, 4.69) is 81.2 Å². The molecule has 4 aromatic rings. The van der Waals surface area contributed by atoms with Gasteiger partial charge in [0.15, 0.2) is 0 Å². The number of nitrogens with one attached hydrogen (secondary N) is 1. The van der Waals surface area contributed by atoms with Crippen LogP contribution in [0, 0.1) is 10.8 Å². The first-order valence-electron chi connectivity index (χ1n) is 16.5. The molecule has 10 nitrogen and oxygen atoms in total. The number of aliphatic carboxylic acids is 2. The number of benzene rings is 3. The van der Waals surface area contributed by atoms with E-state index in [9.17, 15) is 19.8 Å². The molecule has 1 aromatic heterocycles. The van der Waals surface area contributed by atoms with Crippen molar-refractivity contribution in [3.05, 3.63) is 95.6 Å². The van der Waals surface area contributed by atoms with Gasteiger partial charge in [-0.2, -0.15) is 0 Å². The second-order valence-corrected chi connectivity index (χ2v) is 13.5. The molecule has 3 aromatic carbocycles. The maximum absolute atomic E-state index is 13.4. The predicted molar refractivity (Wildman–Crippen MR) is 177 cm³/mol. The third-order valence-corrected chi connectivity index (χ3v) is 11.3. The van der Waals surface area contributed by atoms with Crippen molar-refractivity contribution < 1.29 is 29.2 Å². The third kappa shape index (κ3) is 5.62. The molecule has 5 atom stereocenters. The molecule has 4 unspecified atom stereocenters. The van der Waals surface area contributed by atoms with Gasteiger partial charge in [-0.3, -0.25) is 9.59 Å². The largest absolute Gasteiger partial charge is 0.481 e. The van der Waals surface area contributed by atoms with Crippen molar-refractivity contribution in [1.29, 1.82) is 0 Å². The van der Waals surface area contributed by atoms with Crippen molar-refractivity contribution in [2.24, 2.45) is 10.8 Å². The Bertz CT molecular complexity index is 1650. The third-order valence-electron chi connectivity index (χ3n) is 11.3. The number of rotatable bonds is 11. The van der Waals surface area contributed by atoms with Crippen molar-refractivity contribution in [3.63, 3.8) is 0 Å². The summed E-state index contributed by atoms with van der Waals surface area (Å²) < 4.78 is 11.2. The van der Waals surface area contributed by atoms with Crippen LogP contribution < -0.4 is 5.32 Å². The molecule has 0 aliphatic carbocycles. The fraction of sp³-hybridized carbons (Fsp3) is 0.459. The zero-order valence-electron chi connectivity index (χ0n) is 27.3. The van der Waals surface area contributed by atoms with Crippen LogP contribution in [-0.2, 0) is 19.7 Å². The van der Waals surface area contributed by atoms with E-state index >= 15 is 0 Å². The van der Waals surface area contributed by atoms with Gasteiger partial charge in [0.2, 0.25) is 0 Å². The number of fused-ring (bicyclic) bond motifs is 1. The van der Waals surface area contributed by atoms with Crippen molar-refractivity contribution in [2.75, 3.05) is 32.8 Å². The molecular formula is C37H44N4O6. The van der Waals surface area contributed by atoms with Crippen LogP contribution in [0.3, 0.4) is 0 Å². The molecule has 0 saturated carbocycles. The molecule has 0 amide bonds. The van der Waals surface area contributed by atoms with E-state index in [1.807, 2.05) is 6.92 Å². The first-order valence-corrected chi connectivity index (χ1v) is 16.5. The molecule has 47 heavy (non-hydrogen) atoms. The Morgan fingerprint density at radius 1 is 0.872 bits per heavy atom. The van der Waals surface area contributed by atoms with E-state index in [4.69, 9.17) is 9.37 Å². The minimum absolute atomic E-state index is 0.0387. The van der Waals surface area contributed by atoms with E-state index in [-0.39, 0.29) is 18.4 Å². The van der Waals surface area contributed by atoms with Crippen molar-refractivity contribution in [2.45, 2.75) is 63.5 Å². The second-order valence-electron chi connectivity index (χ2n) is 13.5. The zero-order valence-corrected chi connectivity index (χ0v) is 27.3. The van der Waals surface area contributed by atoms with Gasteiger partial charge in [-0.1, -0.05) is 72.8 Å². The lowest BCUT2D eigenvalue weighted by Gasteiger charge is -2.56. The van der Waals surface area contributed by atoms with Gasteiger partial charge in [0, 0.05) is 36.6 Å². The Morgan fingerprint density at radius 3 is 2.11 bits per heavy atom. The van der Waals surface area contributed by atoms with Gasteiger partial charge in [0.05, 0.1) is 17.4 Å². The number of piperidine rings is 2. The minimum atomic E-state index is -1.51. The van der Waals surface area contributed by atoms with E-state index < -0.39 is 40.8 Å². The first kappa shape index (κ1) is 32.8. The standard InChI is InChI=1S/C37H44N4O6/c1-25-35(3,33(42)43)32(29-15-10-16-30-31(29)40-47-39-30)37(34(44)45,26(2)38-25)19-23-46-24-22-41-20-17-36(18-21-41,27-11-6-4-7-12-27)28-13-8-5-9-14-28/h4-16,25-26,32,38H,17-24H2,1-3H3,(H,42,43)(H,44,45)/t25?,26?,32-,35?,37?/m1/s1. The summed E-state index contributed by atoms with van der Waals surface area (Å²) in [5.41, 5.74) is 0.989. The maximum atomic E-state index is 13.4. The van der Waals surface area contributed by atoms with Gasteiger partial charge in [-0.05, 0) is 86.2 Å². The molecule has 2 fully saturated rings. The molecule has 3 N–H and O–H groups in total. The highest BCUT2D eigenvalue weighted by Crippen LogP contribution is 2.57. The minimum Gasteiger partial charge on any atom is -0.481 e. The normalized spacial score (nSPS) is 27.9. The number of likely N-dealkylation sites (tertiary alicyclic amines) is 1. The van der Waals surface area contributed by atoms with Crippen LogP contribution in [-0.4, -0.2) is 82.3 Å². The van der Waals surface area contributed by atoms with Crippen molar-refractivity contribution in [3.8, 4) is 0 Å². The molecule has 0 radical (unpaired) electrons. The smallest absolute Gasteiger partial charge is 0.311 e. The molecule has 3 heterocycles. The summed E-state index contributed by atoms with van der Waals surface area (Å²) in [6.07, 6.45) is 2.09. The van der Waals surface area contributed by atoms with E-state index in [1.54, 1.807) is 32.0 Å². The highest BCUT2D eigenvalue weighted by Gasteiger charge is 2.65. The average Bonchev–Trinajstić information content (AvgIpc) is 3.57. The van der Waals surface area contributed by atoms with E-state index in [0.717, 1.165) is 32.5 Å². The molecule has 10 heteroatoms. The lowest BCUT2D eigenvalue weighted by Crippen LogP contribution is -2.69. The van der Waals surface area contributed by atoms with Crippen LogP contribution in [0.25, 0.3) is 11.0 Å². The van der Waals surface area contributed by atoms with Crippen LogP contribution in [0.15, 0.2) is 83.5 Å². The van der Waals surface area contributed by atoms with Gasteiger partial charge in [-0.15, -0.1) is 0 Å². The molecule has 0 spiro atoms. The second kappa shape index (κ2) is 13.2. The Kier molecular flexibility index (Phi) is 9.20. The number of aromatic nitrogens is 2. The fourth-order valence-electron chi connectivity index (χ4n) is 8.43. The summed E-state index contributed by atoms with van der Waals surface area (Å²) in [4.78, 5) is 28.8. The highest BCUT2D eigenvalue weighted by atomic mass is 16.6. The van der Waals surface area contributed by atoms with Gasteiger partial charge in [-0.25, -0.2) is 4.63 Å². The zero-order chi connectivity index (χ0) is 33.2. The predicted octanol–water partition coefficient (Wildman–Crippen LogP) is 5.34. The van der Waals surface area contributed by atoms with Gasteiger partial charge >= 0.3 is 11.9 Å². The highest BCUT2D eigenvalue weighted by molar-refractivity contribution is 5.87.